The molecule has 0 radical (unpaired) electrons. The molecule has 0 fully saturated rings. The van der Waals surface area contributed by atoms with Crippen molar-refractivity contribution in [3.63, 3.8) is 0 Å². The maximum absolute atomic E-state index is 4.84. The highest BCUT2D eigenvalue weighted by atomic mass is 32.2. The standard InChI is InChI=1S/C4H10N2S2/c1-6(2)5-4(7)8-3/h1-3H3,(H,5,7). The van der Waals surface area contributed by atoms with Crippen molar-refractivity contribution in [1.29, 1.82) is 0 Å². The van der Waals surface area contributed by atoms with E-state index in [0.29, 0.717) is 0 Å². The molecule has 4 heteroatoms. The lowest BCUT2D eigenvalue weighted by Crippen LogP contribution is -2.32. The van der Waals surface area contributed by atoms with Gasteiger partial charge in [0.05, 0.1) is 0 Å². The van der Waals surface area contributed by atoms with Crippen LogP contribution in [0.25, 0.3) is 0 Å². The van der Waals surface area contributed by atoms with Gasteiger partial charge in [0.1, 0.15) is 4.32 Å². The Balaban J connectivity index is 3.25. The van der Waals surface area contributed by atoms with Crippen LogP contribution >= 0.6 is 24.0 Å². The van der Waals surface area contributed by atoms with Crippen molar-refractivity contribution in [2.75, 3.05) is 20.4 Å². The third kappa shape index (κ3) is 4.36. The molecule has 0 saturated heterocycles. The van der Waals surface area contributed by atoms with Crippen LogP contribution in [0.3, 0.4) is 0 Å². The van der Waals surface area contributed by atoms with Gasteiger partial charge in [0.15, 0.2) is 0 Å². The summed E-state index contributed by atoms with van der Waals surface area (Å²) in [6, 6.07) is 0. The van der Waals surface area contributed by atoms with Gasteiger partial charge in [0.25, 0.3) is 0 Å². The first-order valence-electron chi connectivity index (χ1n) is 2.18. The van der Waals surface area contributed by atoms with Gasteiger partial charge in [0.2, 0.25) is 0 Å². The summed E-state index contributed by atoms with van der Waals surface area (Å²) in [6.07, 6.45) is 1.94. The molecule has 0 unspecified atom stereocenters. The molecule has 0 aliphatic carbocycles. The number of thiocarbonyl (C=S) groups is 1. The molecular formula is C4H10N2S2. The normalized spacial score (nSPS) is 9.50. The predicted octanol–water partition coefficient (Wildman–Crippen LogP) is 0.700. The van der Waals surface area contributed by atoms with E-state index in [1.54, 1.807) is 0 Å². The summed E-state index contributed by atoms with van der Waals surface area (Å²) in [5.74, 6) is 0. The number of hydrazine groups is 1. The fraction of sp³-hybridized carbons (Fsp3) is 0.750. The molecule has 1 N–H and O–H groups in total. The minimum Gasteiger partial charge on any atom is -0.305 e. The number of thioether (sulfide) groups is 1. The first-order valence-corrected chi connectivity index (χ1v) is 3.82. The van der Waals surface area contributed by atoms with Crippen molar-refractivity contribution < 1.29 is 0 Å². The Kier molecular flexibility index (Phi) is 4.22. The van der Waals surface area contributed by atoms with Crippen molar-refractivity contribution in [3.8, 4) is 0 Å². The van der Waals surface area contributed by atoms with E-state index in [2.05, 4.69) is 5.43 Å². The van der Waals surface area contributed by atoms with Crippen LogP contribution in [0.2, 0.25) is 0 Å². The van der Waals surface area contributed by atoms with Crippen LogP contribution in [-0.2, 0) is 0 Å². The minimum absolute atomic E-state index is 0.801. The van der Waals surface area contributed by atoms with E-state index in [1.807, 2.05) is 25.4 Å². The van der Waals surface area contributed by atoms with E-state index in [0.717, 1.165) is 4.32 Å². The summed E-state index contributed by atoms with van der Waals surface area (Å²) >= 11 is 6.37. The Hall–Kier alpha value is 0.200. The molecule has 0 saturated carbocycles. The molecule has 48 valence electrons. The molecule has 0 heterocycles. The van der Waals surface area contributed by atoms with Crippen molar-refractivity contribution in [1.82, 2.24) is 10.4 Å². The zero-order valence-electron chi connectivity index (χ0n) is 5.26. The molecule has 0 rings (SSSR count). The van der Waals surface area contributed by atoms with Crippen LogP contribution in [0, 0.1) is 0 Å². The zero-order chi connectivity index (χ0) is 6.57. The van der Waals surface area contributed by atoms with Crippen LogP contribution in [0.15, 0.2) is 0 Å². The fourth-order valence-corrected chi connectivity index (χ4v) is 0.685. The summed E-state index contributed by atoms with van der Waals surface area (Å²) in [7, 11) is 3.81. The highest BCUT2D eigenvalue weighted by molar-refractivity contribution is 8.22. The average molecular weight is 150 g/mol. The first-order chi connectivity index (χ1) is 3.66. The molecule has 0 aromatic heterocycles. The lowest BCUT2D eigenvalue weighted by Gasteiger charge is -2.11. The van der Waals surface area contributed by atoms with Crippen LogP contribution in [0.1, 0.15) is 0 Å². The Morgan fingerprint density at radius 1 is 1.62 bits per heavy atom. The van der Waals surface area contributed by atoms with Gasteiger partial charge in [-0.15, -0.1) is 0 Å². The van der Waals surface area contributed by atoms with Crippen LogP contribution < -0.4 is 5.43 Å². The summed E-state index contributed by atoms with van der Waals surface area (Å²) in [5, 5.41) is 1.82. The molecule has 0 bridgehead atoms. The van der Waals surface area contributed by atoms with Crippen LogP contribution in [0.4, 0.5) is 0 Å². The molecule has 0 atom stereocenters. The quantitative estimate of drug-likeness (QED) is 0.437. The Bertz CT molecular complexity index is 82.1. The van der Waals surface area contributed by atoms with Gasteiger partial charge in [-0.3, -0.25) is 0 Å². The van der Waals surface area contributed by atoms with E-state index >= 15 is 0 Å². The number of rotatable bonds is 1. The molecular weight excluding hydrogens is 140 g/mol. The summed E-state index contributed by atoms with van der Waals surface area (Å²) < 4.78 is 0.801. The van der Waals surface area contributed by atoms with E-state index in [-0.39, 0.29) is 0 Å². The molecule has 0 aromatic rings. The summed E-state index contributed by atoms with van der Waals surface area (Å²) in [4.78, 5) is 0. The predicted molar refractivity (Wildman–Crippen MR) is 42.9 cm³/mol. The van der Waals surface area contributed by atoms with Crippen LogP contribution in [0.5, 0.6) is 0 Å². The topological polar surface area (TPSA) is 15.3 Å². The van der Waals surface area contributed by atoms with Gasteiger partial charge in [-0.2, -0.15) is 0 Å². The van der Waals surface area contributed by atoms with Gasteiger partial charge >= 0.3 is 0 Å². The maximum Gasteiger partial charge on any atom is 0.147 e. The van der Waals surface area contributed by atoms with Crippen molar-refractivity contribution in [2.24, 2.45) is 0 Å². The molecule has 0 aromatic carbocycles. The fourth-order valence-electron chi connectivity index (χ4n) is 0.228. The lowest BCUT2D eigenvalue weighted by atomic mass is 11.1. The second-order valence-electron chi connectivity index (χ2n) is 1.50. The Labute approximate surface area is 59.6 Å². The van der Waals surface area contributed by atoms with Gasteiger partial charge in [-0.25, -0.2) is 5.01 Å². The molecule has 0 aliphatic rings. The molecule has 0 amide bonds. The number of hydrogen-bond acceptors (Lipinski definition) is 3. The molecule has 8 heavy (non-hydrogen) atoms. The number of nitrogens with zero attached hydrogens (tertiary/aromatic N) is 1. The van der Waals surface area contributed by atoms with Crippen LogP contribution in [-0.4, -0.2) is 29.7 Å². The summed E-state index contributed by atoms with van der Waals surface area (Å²) in [5.41, 5.74) is 2.92. The van der Waals surface area contributed by atoms with E-state index in [9.17, 15) is 0 Å². The Morgan fingerprint density at radius 3 is 2.25 bits per heavy atom. The minimum atomic E-state index is 0.801. The Morgan fingerprint density at radius 2 is 2.12 bits per heavy atom. The SMILES string of the molecule is CSC(=S)NN(C)C. The van der Waals surface area contributed by atoms with Crippen molar-refractivity contribution in [2.45, 2.75) is 0 Å². The van der Waals surface area contributed by atoms with Crippen molar-refractivity contribution >= 4 is 28.3 Å². The average Bonchev–Trinajstić information content (AvgIpc) is 1.65. The summed E-state index contributed by atoms with van der Waals surface area (Å²) in [6.45, 7) is 0. The van der Waals surface area contributed by atoms with Gasteiger partial charge in [-0.05, 0) is 6.26 Å². The number of hydrogen-bond donors (Lipinski definition) is 1. The highest BCUT2D eigenvalue weighted by Crippen LogP contribution is 1.92. The van der Waals surface area contributed by atoms with Gasteiger partial charge < -0.3 is 5.43 Å². The second-order valence-corrected chi connectivity index (χ2v) is 2.98. The third-order valence-corrected chi connectivity index (χ3v) is 1.55. The highest BCUT2D eigenvalue weighted by Gasteiger charge is 1.89. The van der Waals surface area contributed by atoms with Gasteiger partial charge in [-0.1, -0.05) is 24.0 Å². The lowest BCUT2D eigenvalue weighted by molar-refractivity contribution is 0.368. The monoisotopic (exact) mass is 150 g/mol. The second kappa shape index (κ2) is 4.12. The third-order valence-electron chi connectivity index (χ3n) is 0.500. The zero-order valence-corrected chi connectivity index (χ0v) is 6.90. The smallest absolute Gasteiger partial charge is 0.147 e. The molecule has 2 nitrogen and oxygen atoms in total. The first kappa shape index (κ1) is 8.20. The largest absolute Gasteiger partial charge is 0.305 e. The molecule has 0 spiro atoms. The van der Waals surface area contributed by atoms with Gasteiger partial charge in [0, 0.05) is 14.1 Å². The van der Waals surface area contributed by atoms with E-state index in [1.165, 1.54) is 11.8 Å². The van der Waals surface area contributed by atoms with Crippen molar-refractivity contribution in [3.05, 3.63) is 0 Å². The van der Waals surface area contributed by atoms with E-state index in [4.69, 9.17) is 12.2 Å². The number of nitrogens with one attached hydrogen (secondary N) is 1. The maximum atomic E-state index is 4.84. The van der Waals surface area contributed by atoms with E-state index < -0.39 is 0 Å². The molecule has 0 aliphatic heterocycles.